The van der Waals surface area contributed by atoms with Gasteiger partial charge < -0.3 is 4.42 Å². The third kappa shape index (κ3) is 6.43. The summed E-state index contributed by atoms with van der Waals surface area (Å²) in [7, 11) is 0. The second kappa shape index (κ2) is 14.6. The van der Waals surface area contributed by atoms with E-state index < -0.39 is 0 Å². The van der Waals surface area contributed by atoms with Gasteiger partial charge >= 0.3 is 0 Å². The first kappa shape index (κ1) is 34.6. The van der Waals surface area contributed by atoms with Crippen molar-refractivity contribution in [1.82, 2.24) is 15.0 Å². The van der Waals surface area contributed by atoms with Crippen LogP contribution in [0.2, 0.25) is 0 Å². The molecule has 3 heterocycles. The van der Waals surface area contributed by atoms with Gasteiger partial charge in [0.2, 0.25) is 0 Å². The second-order valence-electron chi connectivity index (χ2n) is 13.6. The number of furan rings is 1. The highest BCUT2D eigenvalue weighted by Crippen LogP contribution is 2.45. The van der Waals surface area contributed by atoms with E-state index in [0.29, 0.717) is 17.5 Å². The maximum atomic E-state index is 6.52. The van der Waals surface area contributed by atoms with E-state index >= 15 is 0 Å². The molecule has 0 amide bonds. The second-order valence-corrected chi connectivity index (χ2v) is 15.1. The van der Waals surface area contributed by atoms with E-state index in [-0.39, 0.29) is 11.1 Å². The molecule has 7 heteroatoms. The molecule has 0 saturated heterocycles. The van der Waals surface area contributed by atoms with Gasteiger partial charge in [0.1, 0.15) is 16.3 Å². The summed E-state index contributed by atoms with van der Waals surface area (Å²) in [4.78, 5) is 21.0. The van der Waals surface area contributed by atoms with Crippen LogP contribution < -0.4 is 0 Å². The van der Waals surface area contributed by atoms with Gasteiger partial charge in [-0.3, -0.25) is 0 Å². The molecule has 0 aliphatic heterocycles. The van der Waals surface area contributed by atoms with Gasteiger partial charge in [0, 0.05) is 43.1 Å². The standard InChI is InChI=1S/C48H35ClN4OS/c1-4-29(2)41-43-35(22-15-25-40(43)55-45(41)44(50-30(3)49)31-16-8-5-9-17-31)34-26-27-38-37(28-34)42-36(23-14-24-39(42)54-38)48-52-46(32-18-10-6-11-19-32)51-47(53-48)33-20-12-7-13-21-33/h5-29H,3-4H2,1-2H3/b50-44-. The van der Waals surface area contributed by atoms with Gasteiger partial charge in [0.15, 0.2) is 17.5 Å². The van der Waals surface area contributed by atoms with Crippen LogP contribution in [-0.4, -0.2) is 20.7 Å². The summed E-state index contributed by atoms with van der Waals surface area (Å²) in [6.45, 7) is 8.47. The largest absolute Gasteiger partial charge is 0.456 e. The van der Waals surface area contributed by atoms with Crippen molar-refractivity contribution in [3.05, 3.63) is 173 Å². The average molecular weight is 751 g/mol. The summed E-state index contributed by atoms with van der Waals surface area (Å²) in [5.74, 6) is 2.07. The van der Waals surface area contributed by atoms with Crippen molar-refractivity contribution in [2.75, 3.05) is 0 Å². The number of hydrogen-bond acceptors (Lipinski definition) is 6. The number of halogens is 1. The summed E-state index contributed by atoms with van der Waals surface area (Å²) in [6.07, 6.45) is 0.966. The fourth-order valence-corrected chi connectivity index (χ4v) is 8.78. The van der Waals surface area contributed by atoms with Crippen molar-refractivity contribution >= 4 is 60.7 Å². The lowest BCUT2D eigenvalue weighted by atomic mass is 9.89. The van der Waals surface area contributed by atoms with E-state index in [9.17, 15) is 0 Å². The SMILES string of the molecule is C=C(Cl)/N=C(/c1ccccc1)c1sc2cccc(-c3ccc4oc5cccc(-c6nc(-c7ccccc7)nc(-c7ccccc7)n6)c5c4c3)c2c1C(C)CC. The van der Waals surface area contributed by atoms with E-state index in [1.807, 2.05) is 91.0 Å². The maximum Gasteiger partial charge on any atom is 0.164 e. The summed E-state index contributed by atoms with van der Waals surface area (Å²) >= 11 is 8.15. The lowest BCUT2D eigenvalue weighted by Gasteiger charge is -2.15. The first-order chi connectivity index (χ1) is 27.0. The molecule has 0 bridgehead atoms. The molecule has 0 aliphatic carbocycles. The summed E-state index contributed by atoms with van der Waals surface area (Å²) < 4.78 is 7.71. The summed E-state index contributed by atoms with van der Waals surface area (Å²) in [5.41, 5.74) is 9.65. The first-order valence-electron chi connectivity index (χ1n) is 18.3. The third-order valence-corrected chi connectivity index (χ3v) is 11.4. The van der Waals surface area contributed by atoms with Crippen molar-refractivity contribution in [3.63, 3.8) is 0 Å². The Bertz CT molecular complexity index is 2840. The normalized spacial score (nSPS) is 12.5. The Balaban J connectivity index is 1.26. The van der Waals surface area contributed by atoms with E-state index in [0.717, 1.165) is 72.3 Å². The van der Waals surface area contributed by atoms with Gasteiger partial charge in [-0.15, -0.1) is 11.3 Å². The number of benzene rings is 6. The predicted molar refractivity (Wildman–Crippen MR) is 230 cm³/mol. The molecule has 0 aliphatic rings. The molecule has 0 saturated carbocycles. The molecule has 9 rings (SSSR count). The zero-order valence-corrected chi connectivity index (χ0v) is 31.9. The average Bonchev–Trinajstić information content (AvgIpc) is 3.82. The van der Waals surface area contributed by atoms with Gasteiger partial charge in [0.05, 0.1) is 10.6 Å². The van der Waals surface area contributed by atoms with Crippen molar-refractivity contribution < 1.29 is 4.42 Å². The van der Waals surface area contributed by atoms with Crippen LogP contribution in [0.4, 0.5) is 0 Å². The molecule has 0 radical (unpaired) electrons. The Morgan fingerprint density at radius 2 is 1.29 bits per heavy atom. The van der Waals surface area contributed by atoms with Crippen molar-refractivity contribution in [1.29, 1.82) is 0 Å². The Morgan fingerprint density at radius 3 is 1.95 bits per heavy atom. The van der Waals surface area contributed by atoms with Crippen LogP contribution in [0.3, 0.4) is 0 Å². The topological polar surface area (TPSA) is 64.2 Å². The molecule has 0 fully saturated rings. The predicted octanol–water partition coefficient (Wildman–Crippen LogP) is 13.7. The summed E-state index contributed by atoms with van der Waals surface area (Å²) in [6, 6.07) is 49.5. The number of thiophene rings is 1. The van der Waals surface area contributed by atoms with E-state index in [1.54, 1.807) is 11.3 Å². The molecule has 3 aromatic heterocycles. The van der Waals surface area contributed by atoms with Crippen LogP contribution in [0, 0.1) is 0 Å². The molecule has 1 unspecified atom stereocenters. The lowest BCUT2D eigenvalue weighted by Crippen LogP contribution is -2.06. The molecule has 6 aromatic carbocycles. The van der Waals surface area contributed by atoms with Crippen LogP contribution in [-0.2, 0) is 0 Å². The molecule has 9 aromatic rings. The highest BCUT2D eigenvalue weighted by Gasteiger charge is 2.25. The van der Waals surface area contributed by atoms with Crippen LogP contribution in [0.5, 0.6) is 0 Å². The van der Waals surface area contributed by atoms with Crippen molar-refractivity contribution in [3.8, 4) is 45.3 Å². The summed E-state index contributed by atoms with van der Waals surface area (Å²) in [5, 5.41) is 3.44. The molecule has 1 atom stereocenters. The highest BCUT2D eigenvalue weighted by atomic mass is 35.5. The van der Waals surface area contributed by atoms with E-state index in [1.165, 1.54) is 15.6 Å². The van der Waals surface area contributed by atoms with Crippen molar-refractivity contribution in [2.24, 2.45) is 4.99 Å². The fraction of sp³-hybridized carbons (Fsp3) is 0.0833. The van der Waals surface area contributed by atoms with Crippen LogP contribution >= 0.6 is 22.9 Å². The van der Waals surface area contributed by atoms with Crippen LogP contribution in [0.15, 0.2) is 167 Å². The van der Waals surface area contributed by atoms with E-state index in [2.05, 4.69) is 75.0 Å². The minimum absolute atomic E-state index is 0.254. The van der Waals surface area contributed by atoms with Crippen LogP contribution in [0.1, 0.15) is 42.2 Å². The van der Waals surface area contributed by atoms with Gasteiger partial charge in [-0.2, -0.15) is 0 Å². The van der Waals surface area contributed by atoms with Crippen molar-refractivity contribution in [2.45, 2.75) is 26.2 Å². The number of hydrogen-bond donors (Lipinski definition) is 0. The quantitative estimate of drug-likeness (QED) is 0.109. The Labute approximate surface area is 328 Å². The molecular formula is C48H35ClN4OS. The number of aromatic nitrogens is 3. The van der Waals surface area contributed by atoms with Gasteiger partial charge in [-0.1, -0.05) is 153 Å². The Hall–Kier alpha value is -6.21. The Morgan fingerprint density at radius 1 is 0.673 bits per heavy atom. The molecule has 266 valence electrons. The smallest absolute Gasteiger partial charge is 0.164 e. The van der Waals surface area contributed by atoms with E-state index in [4.69, 9.17) is 36.0 Å². The number of aliphatic imine (C=N–C) groups is 1. The number of fused-ring (bicyclic) bond motifs is 4. The van der Waals surface area contributed by atoms with Gasteiger partial charge in [-0.25, -0.2) is 19.9 Å². The highest BCUT2D eigenvalue weighted by molar-refractivity contribution is 7.21. The maximum absolute atomic E-state index is 6.52. The molecule has 0 spiro atoms. The Kier molecular flexibility index (Phi) is 9.14. The minimum Gasteiger partial charge on any atom is -0.456 e. The zero-order chi connectivity index (χ0) is 37.5. The van der Waals surface area contributed by atoms with Gasteiger partial charge in [0.25, 0.3) is 0 Å². The molecule has 55 heavy (non-hydrogen) atoms. The zero-order valence-electron chi connectivity index (χ0n) is 30.3. The molecule has 0 N–H and O–H groups in total. The minimum atomic E-state index is 0.254. The molecular weight excluding hydrogens is 716 g/mol. The monoisotopic (exact) mass is 750 g/mol. The third-order valence-electron chi connectivity index (χ3n) is 10.1. The van der Waals surface area contributed by atoms with Gasteiger partial charge in [-0.05, 0) is 53.3 Å². The first-order valence-corrected chi connectivity index (χ1v) is 19.5. The molecule has 5 nitrogen and oxygen atoms in total. The van der Waals surface area contributed by atoms with Crippen LogP contribution in [0.25, 0.3) is 77.3 Å². The fourth-order valence-electron chi connectivity index (χ4n) is 7.34. The lowest BCUT2D eigenvalue weighted by molar-refractivity contribution is 0.669. The number of rotatable bonds is 9. The number of nitrogens with zero attached hydrogens (tertiary/aromatic N) is 4.